The topological polar surface area (TPSA) is 70.4 Å². The molecule has 1 fully saturated rings. The van der Waals surface area contributed by atoms with Gasteiger partial charge < -0.3 is 9.64 Å². The number of hydrogen-bond acceptors (Lipinski definition) is 5. The van der Waals surface area contributed by atoms with Gasteiger partial charge in [-0.05, 0) is 33.6 Å². The van der Waals surface area contributed by atoms with Crippen LogP contribution in [0.3, 0.4) is 0 Å². The number of nitrogens with zero attached hydrogens (tertiary/aromatic N) is 2. The highest BCUT2D eigenvalue weighted by molar-refractivity contribution is 8.13. The number of rotatable bonds is 2. The standard InChI is InChI=1S/C14H22N2O3S/c1-11(17)20-10-14(8-15)6-5-7-16(9-14)12(18)19-13(2,3)4/h5-7,9-10H2,1-4H3. The molecule has 1 aliphatic rings. The third kappa shape index (κ3) is 5.04. The summed E-state index contributed by atoms with van der Waals surface area (Å²) in [5, 5.41) is 9.43. The second kappa shape index (κ2) is 6.49. The molecule has 1 rings (SSSR count). The Morgan fingerprint density at radius 3 is 2.60 bits per heavy atom. The fourth-order valence-electron chi connectivity index (χ4n) is 2.10. The molecule has 20 heavy (non-hydrogen) atoms. The van der Waals surface area contributed by atoms with Crippen molar-refractivity contribution in [3.8, 4) is 6.07 Å². The van der Waals surface area contributed by atoms with Crippen LogP contribution in [0.4, 0.5) is 4.79 Å². The van der Waals surface area contributed by atoms with Crippen molar-refractivity contribution in [1.82, 2.24) is 4.90 Å². The monoisotopic (exact) mass is 298 g/mol. The van der Waals surface area contributed by atoms with E-state index in [0.717, 1.165) is 18.2 Å². The Balaban J connectivity index is 2.71. The number of hydrogen-bond donors (Lipinski definition) is 0. The second-order valence-corrected chi connectivity index (χ2v) is 7.33. The van der Waals surface area contributed by atoms with Crippen LogP contribution in [0.5, 0.6) is 0 Å². The van der Waals surface area contributed by atoms with Gasteiger partial charge in [-0.2, -0.15) is 5.26 Å². The number of likely N-dealkylation sites (tertiary alicyclic amines) is 1. The number of nitriles is 1. The highest BCUT2D eigenvalue weighted by atomic mass is 32.2. The minimum atomic E-state index is -0.647. The third-order valence-corrected chi connectivity index (χ3v) is 4.12. The van der Waals surface area contributed by atoms with E-state index in [1.807, 2.05) is 20.8 Å². The van der Waals surface area contributed by atoms with Gasteiger partial charge in [0.15, 0.2) is 5.12 Å². The zero-order chi connectivity index (χ0) is 15.4. The number of carbonyl (C=O) groups is 2. The summed E-state index contributed by atoms with van der Waals surface area (Å²) >= 11 is 1.15. The molecule has 1 saturated heterocycles. The van der Waals surface area contributed by atoms with Gasteiger partial charge in [0.1, 0.15) is 5.60 Å². The Bertz CT molecular complexity index is 425. The number of piperidine rings is 1. The van der Waals surface area contributed by atoms with E-state index in [0.29, 0.717) is 25.3 Å². The van der Waals surface area contributed by atoms with Gasteiger partial charge in [-0.15, -0.1) is 0 Å². The van der Waals surface area contributed by atoms with Crippen molar-refractivity contribution in [2.24, 2.45) is 5.41 Å². The van der Waals surface area contributed by atoms with E-state index in [9.17, 15) is 14.9 Å². The summed E-state index contributed by atoms with van der Waals surface area (Å²) in [5.41, 5.74) is -1.19. The molecule has 1 amide bonds. The van der Waals surface area contributed by atoms with Crippen LogP contribution in [0.15, 0.2) is 0 Å². The minimum absolute atomic E-state index is 0.00554. The lowest BCUT2D eigenvalue weighted by Crippen LogP contribution is -2.48. The van der Waals surface area contributed by atoms with Crippen molar-refractivity contribution in [2.45, 2.75) is 46.1 Å². The summed E-state index contributed by atoms with van der Waals surface area (Å²) in [4.78, 5) is 24.8. The van der Waals surface area contributed by atoms with Crippen LogP contribution in [0, 0.1) is 16.7 Å². The Morgan fingerprint density at radius 1 is 1.45 bits per heavy atom. The Morgan fingerprint density at radius 2 is 2.10 bits per heavy atom. The van der Waals surface area contributed by atoms with Crippen LogP contribution in [0.2, 0.25) is 0 Å². The first-order chi connectivity index (χ1) is 9.17. The molecule has 0 bridgehead atoms. The van der Waals surface area contributed by atoms with E-state index < -0.39 is 11.0 Å². The summed E-state index contributed by atoms with van der Waals surface area (Å²) in [7, 11) is 0. The van der Waals surface area contributed by atoms with Crippen LogP contribution < -0.4 is 0 Å². The summed E-state index contributed by atoms with van der Waals surface area (Å²) in [6.45, 7) is 7.87. The zero-order valence-corrected chi connectivity index (χ0v) is 13.4. The van der Waals surface area contributed by atoms with E-state index in [1.165, 1.54) is 6.92 Å². The molecule has 1 atom stereocenters. The van der Waals surface area contributed by atoms with Crippen LogP contribution in [-0.2, 0) is 9.53 Å². The summed E-state index contributed by atoms with van der Waals surface area (Å²) in [6.07, 6.45) is 1.08. The zero-order valence-electron chi connectivity index (χ0n) is 12.6. The average molecular weight is 298 g/mol. The molecule has 6 heteroatoms. The van der Waals surface area contributed by atoms with Crippen LogP contribution in [0.1, 0.15) is 40.5 Å². The molecular formula is C14H22N2O3S. The van der Waals surface area contributed by atoms with Crippen molar-refractivity contribution < 1.29 is 14.3 Å². The molecule has 1 aliphatic heterocycles. The summed E-state index contributed by atoms with van der Waals surface area (Å²) < 4.78 is 5.34. The first-order valence-electron chi connectivity index (χ1n) is 6.70. The fraction of sp³-hybridized carbons (Fsp3) is 0.786. The molecular weight excluding hydrogens is 276 g/mol. The number of amides is 1. The lowest BCUT2D eigenvalue weighted by Gasteiger charge is -2.38. The average Bonchev–Trinajstić information content (AvgIpc) is 2.34. The van der Waals surface area contributed by atoms with Gasteiger partial charge in [0.2, 0.25) is 0 Å². The lowest BCUT2D eigenvalue weighted by atomic mass is 9.83. The predicted molar refractivity (Wildman–Crippen MR) is 78.2 cm³/mol. The van der Waals surface area contributed by atoms with Crippen molar-refractivity contribution in [3.63, 3.8) is 0 Å². The quantitative estimate of drug-likeness (QED) is 0.784. The van der Waals surface area contributed by atoms with E-state index >= 15 is 0 Å². The number of ether oxygens (including phenoxy) is 1. The minimum Gasteiger partial charge on any atom is -0.444 e. The third-order valence-electron chi connectivity index (χ3n) is 3.02. The molecule has 0 radical (unpaired) electrons. The predicted octanol–water partition coefficient (Wildman–Crippen LogP) is 2.81. The van der Waals surface area contributed by atoms with Crippen LogP contribution in [-0.4, -0.2) is 40.6 Å². The molecule has 1 heterocycles. The molecule has 1 unspecified atom stereocenters. The Kier molecular flexibility index (Phi) is 5.46. The first kappa shape index (κ1) is 16.8. The van der Waals surface area contributed by atoms with E-state index in [4.69, 9.17) is 4.74 Å². The van der Waals surface area contributed by atoms with Gasteiger partial charge in [0.25, 0.3) is 0 Å². The highest BCUT2D eigenvalue weighted by Gasteiger charge is 2.39. The van der Waals surface area contributed by atoms with Crippen molar-refractivity contribution >= 4 is 23.0 Å². The van der Waals surface area contributed by atoms with Crippen molar-refractivity contribution in [2.75, 3.05) is 18.8 Å². The van der Waals surface area contributed by atoms with Gasteiger partial charge >= 0.3 is 6.09 Å². The number of thioether (sulfide) groups is 1. The highest BCUT2D eigenvalue weighted by Crippen LogP contribution is 2.33. The molecule has 0 aromatic heterocycles. The van der Waals surface area contributed by atoms with Crippen LogP contribution >= 0.6 is 11.8 Å². The first-order valence-corrected chi connectivity index (χ1v) is 7.69. The van der Waals surface area contributed by atoms with Gasteiger partial charge in [-0.3, -0.25) is 4.79 Å². The van der Waals surface area contributed by atoms with Gasteiger partial charge in [-0.25, -0.2) is 4.79 Å². The normalized spacial score (nSPS) is 23.1. The summed E-state index contributed by atoms with van der Waals surface area (Å²) in [5.74, 6) is 0.429. The largest absolute Gasteiger partial charge is 0.444 e. The smallest absolute Gasteiger partial charge is 0.410 e. The second-order valence-electron chi connectivity index (χ2n) is 6.18. The van der Waals surface area contributed by atoms with Crippen molar-refractivity contribution in [1.29, 1.82) is 5.26 Å². The molecule has 0 N–H and O–H groups in total. The molecule has 0 aromatic rings. The lowest BCUT2D eigenvalue weighted by molar-refractivity contribution is -0.109. The fourth-order valence-corrected chi connectivity index (χ4v) is 2.87. The molecule has 0 saturated carbocycles. The number of carbonyl (C=O) groups excluding carboxylic acids is 2. The molecule has 0 aliphatic carbocycles. The maximum absolute atomic E-state index is 12.1. The Hall–Kier alpha value is -1.22. The van der Waals surface area contributed by atoms with Crippen LogP contribution in [0.25, 0.3) is 0 Å². The van der Waals surface area contributed by atoms with Gasteiger partial charge in [0, 0.05) is 25.8 Å². The SMILES string of the molecule is CC(=O)SCC1(C#N)CCCN(C(=O)OC(C)(C)C)C1. The maximum Gasteiger partial charge on any atom is 0.410 e. The molecule has 0 spiro atoms. The Labute approximate surface area is 124 Å². The molecule has 0 aromatic carbocycles. The van der Waals surface area contributed by atoms with E-state index in [2.05, 4.69) is 6.07 Å². The van der Waals surface area contributed by atoms with Crippen molar-refractivity contribution in [3.05, 3.63) is 0 Å². The maximum atomic E-state index is 12.1. The molecule has 5 nitrogen and oxygen atoms in total. The van der Waals surface area contributed by atoms with E-state index in [1.54, 1.807) is 4.90 Å². The van der Waals surface area contributed by atoms with Gasteiger partial charge in [0.05, 0.1) is 11.5 Å². The molecule has 112 valence electrons. The summed E-state index contributed by atoms with van der Waals surface area (Å²) in [6, 6.07) is 2.30. The van der Waals surface area contributed by atoms with Gasteiger partial charge in [-0.1, -0.05) is 11.8 Å². The van der Waals surface area contributed by atoms with E-state index in [-0.39, 0.29) is 11.2 Å².